The monoisotopic (exact) mass is 231 g/mol. The van der Waals surface area contributed by atoms with Crippen LogP contribution in [0.5, 0.6) is 0 Å². The van der Waals surface area contributed by atoms with Crippen LogP contribution in [0.3, 0.4) is 0 Å². The summed E-state index contributed by atoms with van der Waals surface area (Å²) in [4.78, 5) is 4.23. The third-order valence-electron chi connectivity index (χ3n) is 3.20. The van der Waals surface area contributed by atoms with Gasteiger partial charge >= 0.3 is 0 Å². The summed E-state index contributed by atoms with van der Waals surface area (Å²) in [5, 5.41) is 6.76. The Balaban J connectivity index is 1.83. The van der Waals surface area contributed by atoms with E-state index in [-0.39, 0.29) is 0 Å². The first-order valence-corrected chi connectivity index (χ1v) is 6.22. The van der Waals surface area contributed by atoms with Crippen LogP contribution < -0.4 is 10.6 Å². The molecule has 1 fully saturated rings. The smallest absolute Gasteiger partial charge is 0.191 e. The number of rotatable bonds is 3. The highest BCUT2D eigenvalue weighted by molar-refractivity contribution is 5.80. The van der Waals surface area contributed by atoms with Crippen LogP contribution in [0.1, 0.15) is 24.5 Å². The van der Waals surface area contributed by atoms with Gasteiger partial charge in [-0.15, -0.1) is 0 Å². The van der Waals surface area contributed by atoms with E-state index in [9.17, 15) is 0 Å². The number of aryl methyl sites for hydroxylation is 1. The highest BCUT2D eigenvalue weighted by Gasteiger charge is 2.33. The van der Waals surface area contributed by atoms with Crippen LogP contribution in [0.25, 0.3) is 0 Å². The van der Waals surface area contributed by atoms with Crippen molar-refractivity contribution in [3.63, 3.8) is 0 Å². The fraction of sp³-hybridized carbons (Fsp3) is 0.500. The van der Waals surface area contributed by atoms with E-state index in [2.05, 4.69) is 53.7 Å². The number of benzene rings is 1. The zero-order chi connectivity index (χ0) is 12.3. The summed E-state index contributed by atoms with van der Waals surface area (Å²) in [6.45, 7) is 5.19. The van der Waals surface area contributed by atoms with Crippen LogP contribution in [0.2, 0.25) is 0 Å². The van der Waals surface area contributed by atoms with Crippen LogP contribution >= 0.6 is 0 Å². The van der Waals surface area contributed by atoms with Gasteiger partial charge in [-0.1, -0.05) is 36.8 Å². The summed E-state index contributed by atoms with van der Waals surface area (Å²) in [5.41, 5.74) is 2.58. The van der Waals surface area contributed by atoms with Crippen LogP contribution in [0.4, 0.5) is 0 Å². The first-order chi connectivity index (χ1) is 8.19. The molecule has 2 unspecified atom stereocenters. The van der Waals surface area contributed by atoms with E-state index < -0.39 is 0 Å². The van der Waals surface area contributed by atoms with Crippen LogP contribution in [0, 0.1) is 12.8 Å². The van der Waals surface area contributed by atoms with Crippen molar-refractivity contribution >= 4 is 5.96 Å². The molecule has 2 rings (SSSR count). The Morgan fingerprint density at radius 1 is 1.47 bits per heavy atom. The Labute approximate surface area is 103 Å². The van der Waals surface area contributed by atoms with E-state index in [0.29, 0.717) is 6.04 Å². The largest absolute Gasteiger partial charge is 0.353 e. The summed E-state index contributed by atoms with van der Waals surface area (Å²) >= 11 is 0. The van der Waals surface area contributed by atoms with Gasteiger partial charge in [-0.05, 0) is 24.8 Å². The molecule has 2 N–H and O–H groups in total. The highest BCUT2D eigenvalue weighted by Crippen LogP contribution is 2.28. The molecule has 0 spiro atoms. The Morgan fingerprint density at radius 3 is 2.82 bits per heavy atom. The number of guanidine groups is 1. The normalized spacial score (nSPS) is 23.4. The molecule has 0 aromatic heterocycles. The number of nitrogens with zero attached hydrogens (tertiary/aromatic N) is 1. The Kier molecular flexibility index (Phi) is 3.67. The second kappa shape index (κ2) is 5.21. The average molecular weight is 231 g/mol. The molecule has 3 heteroatoms. The molecule has 92 valence electrons. The second-order valence-electron chi connectivity index (χ2n) is 4.88. The minimum atomic E-state index is 0.610. The molecule has 17 heavy (non-hydrogen) atoms. The molecular formula is C14H21N3. The number of aliphatic imine (C=N–C) groups is 1. The summed E-state index contributed by atoms with van der Waals surface area (Å²) in [6.07, 6.45) is 1.26. The molecule has 1 saturated carbocycles. The number of hydrogen-bond donors (Lipinski definition) is 2. The van der Waals surface area contributed by atoms with Crippen molar-refractivity contribution in [1.82, 2.24) is 10.6 Å². The lowest BCUT2D eigenvalue weighted by atomic mass is 10.1. The molecule has 1 aliphatic rings. The Morgan fingerprint density at radius 2 is 2.24 bits per heavy atom. The topological polar surface area (TPSA) is 36.4 Å². The average Bonchev–Trinajstić information content (AvgIpc) is 3.00. The predicted molar refractivity (Wildman–Crippen MR) is 72.1 cm³/mol. The standard InChI is InChI=1S/C14H21N3/c1-10-5-4-6-12(7-10)9-16-14(15-3)17-13-8-11(13)2/h4-7,11,13H,8-9H2,1-3H3,(H2,15,16,17). The first-order valence-electron chi connectivity index (χ1n) is 6.22. The molecule has 0 bridgehead atoms. The van der Waals surface area contributed by atoms with Gasteiger partial charge in [0.25, 0.3) is 0 Å². The minimum absolute atomic E-state index is 0.610. The van der Waals surface area contributed by atoms with Gasteiger partial charge in [0.05, 0.1) is 0 Å². The van der Waals surface area contributed by atoms with Gasteiger partial charge in [-0.2, -0.15) is 0 Å². The quantitative estimate of drug-likeness (QED) is 0.617. The van der Waals surface area contributed by atoms with Crippen molar-refractivity contribution in [2.24, 2.45) is 10.9 Å². The van der Waals surface area contributed by atoms with Crippen LogP contribution in [0.15, 0.2) is 29.3 Å². The molecule has 0 radical (unpaired) electrons. The minimum Gasteiger partial charge on any atom is -0.353 e. The summed E-state index contributed by atoms with van der Waals surface area (Å²) in [6, 6.07) is 9.14. The lowest BCUT2D eigenvalue weighted by molar-refractivity contribution is 0.763. The van der Waals surface area contributed by atoms with Gasteiger partial charge in [0.2, 0.25) is 0 Å². The van der Waals surface area contributed by atoms with Crippen molar-refractivity contribution in [2.45, 2.75) is 32.9 Å². The molecule has 0 heterocycles. The number of nitrogens with one attached hydrogen (secondary N) is 2. The maximum absolute atomic E-state index is 4.23. The van der Waals surface area contributed by atoms with Gasteiger partial charge in [-0.3, -0.25) is 4.99 Å². The molecule has 3 nitrogen and oxygen atoms in total. The van der Waals surface area contributed by atoms with E-state index in [1.54, 1.807) is 0 Å². The third kappa shape index (κ3) is 3.48. The zero-order valence-corrected chi connectivity index (χ0v) is 10.8. The van der Waals surface area contributed by atoms with Gasteiger partial charge in [-0.25, -0.2) is 0 Å². The van der Waals surface area contributed by atoms with Crippen molar-refractivity contribution < 1.29 is 0 Å². The summed E-state index contributed by atoms with van der Waals surface area (Å²) < 4.78 is 0. The molecule has 0 aliphatic heterocycles. The third-order valence-corrected chi connectivity index (χ3v) is 3.20. The van der Waals surface area contributed by atoms with E-state index >= 15 is 0 Å². The van der Waals surface area contributed by atoms with Gasteiger partial charge in [0.15, 0.2) is 5.96 Å². The molecule has 1 aromatic rings. The molecule has 1 aromatic carbocycles. The van der Waals surface area contributed by atoms with E-state index in [1.807, 2.05) is 7.05 Å². The molecular weight excluding hydrogens is 210 g/mol. The van der Waals surface area contributed by atoms with Gasteiger partial charge < -0.3 is 10.6 Å². The first kappa shape index (κ1) is 12.0. The van der Waals surface area contributed by atoms with Crippen molar-refractivity contribution in [3.05, 3.63) is 35.4 Å². The van der Waals surface area contributed by atoms with Crippen molar-refractivity contribution in [2.75, 3.05) is 7.05 Å². The van der Waals surface area contributed by atoms with Crippen LogP contribution in [-0.2, 0) is 6.54 Å². The maximum Gasteiger partial charge on any atom is 0.191 e. The Bertz CT molecular complexity index is 412. The van der Waals surface area contributed by atoms with Crippen molar-refractivity contribution in [3.8, 4) is 0 Å². The molecule has 0 saturated heterocycles. The maximum atomic E-state index is 4.23. The SMILES string of the molecule is CN=C(NCc1cccc(C)c1)NC1CC1C. The highest BCUT2D eigenvalue weighted by atomic mass is 15.2. The predicted octanol–water partition coefficient (Wildman–Crippen LogP) is 2.07. The van der Waals surface area contributed by atoms with Crippen molar-refractivity contribution in [1.29, 1.82) is 0 Å². The molecule has 2 atom stereocenters. The lowest BCUT2D eigenvalue weighted by Gasteiger charge is -2.11. The fourth-order valence-corrected chi connectivity index (χ4v) is 1.90. The Hall–Kier alpha value is -1.51. The second-order valence-corrected chi connectivity index (χ2v) is 4.88. The lowest BCUT2D eigenvalue weighted by Crippen LogP contribution is -2.38. The summed E-state index contributed by atoms with van der Waals surface area (Å²) in [5.74, 6) is 1.69. The number of hydrogen-bond acceptors (Lipinski definition) is 1. The van der Waals surface area contributed by atoms with E-state index in [0.717, 1.165) is 18.4 Å². The van der Waals surface area contributed by atoms with Gasteiger partial charge in [0, 0.05) is 19.6 Å². The van der Waals surface area contributed by atoms with Gasteiger partial charge in [0.1, 0.15) is 0 Å². The van der Waals surface area contributed by atoms with E-state index in [4.69, 9.17) is 0 Å². The molecule has 1 aliphatic carbocycles. The summed E-state index contributed by atoms with van der Waals surface area (Å²) in [7, 11) is 1.82. The van der Waals surface area contributed by atoms with Crippen LogP contribution in [-0.4, -0.2) is 19.0 Å². The molecule has 0 amide bonds. The fourth-order valence-electron chi connectivity index (χ4n) is 1.90. The van der Waals surface area contributed by atoms with E-state index in [1.165, 1.54) is 17.5 Å². The zero-order valence-electron chi connectivity index (χ0n) is 10.8.